The lowest BCUT2D eigenvalue weighted by atomic mass is 10.1. The van der Waals surface area contributed by atoms with E-state index in [4.69, 9.17) is 0 Å². The van der Waals surface area contributed by atoms with Crippen molar-refractivity contribution in [1.82, 2.24) is 0 Å². The summed E-state index contributed by atoms with van der Waals surface area (Å²) in [5.74, 6) is 0. The van der Waals surface area contributed by atoms with Crippen LogP contribution in [0.3, 0.4) is 0 Å². The third-order valence-corrected chi connectivity index (χ3v) is 11.0. The van der Waals surface area contributed by atoms with Crippen LogP contribution in [0.2, 0.25) is 0 Å². The Bertz CT molecular complexity index is 966. The first kappa shape index (κ1) is 24.0. The monoisotopic (exact) mass is 462 g/mol. The highest BCUT2D eigenvalue weighted by Crippen LogP contribution is 2.31. The minimum Gasteiger partial charge on any atom is -0.223 e. The van der Waals surface area contributed by atoms with E-state index < -0.39 is 30.2 Å². The predicted molar refractivity (Wildman–Crippen MR) is 126 cm³/mol. The Morgan fingerprint density at radius 1 is 0.516 bits per heavy atom. The Balaban J connectivity index is 1.87. The van der Waals surface area contributed by atoms with Crippen LogP contribution in [0.1, 0.15) is 68.9 Å². The lowest BCUT2D eigenvalue weighted by Crippen LogP contribution is -2.27. The number of sulfone groups is 2. The van der Waals surface area contributed by atoms with Gasteiger partial charge in [-0.2, -0.15) is 0 Å². The molecule has 2 unspecified atom stereocenters. The molecular weight excluding hydrogens is 428 g/mol. The largest absolute Gasteiger partial charge is 0.223 e. The van der Waals surface area contributed by atoms with Crippen molar-refractivity contribution < 1.29 is 16.8 Å². The van der Waals surface area contributed by atoms with Crippen LogP contribution in [0, 0.1) is 13.8 Å². The van der Waals surface area contributed by atoms with Gasteiger partial charge in [0.25, 0.3) is 0 Å². The Labute approximate surface area is 187 Å². The zero-order valence-electron chi connectivity index (χ0n) is 18.6. The number of hydrogen-bond acceptors (Lipinski definition) is 4. The Morgan fingerprint density at radius 2 is 0.839 bits per heavy atom. The molecule has 0 saturated heterocycles. The van der Waals surface area contributed by atoms with Crippen LogP contribution < -0.4 is 0 Å². The first-order chi connectivity index (χ1) is 14.7. The van der Waals surface area contributed by atoms with E-state index in [1.54, 1.807) is 24.3 Å². The van der Waals surface area contributed by atoms with E-state index in [0.29, 0.717) is 35.5 Å². The maximum Gasteiger partial charge on any atom is 0.181 e. The summed E-state index contributed by atoms with van der Waals surface area (Å²) in [5.41, 5.74) is 2.04. The second kappa shape index (κ2) is 10.3. The minimum atomic E-state index is -3.49. The molecule has 1 aliphatic carbocycles. The number of rotatable bonds is 4. The quantitative estimate of drug-likeness (QED) is 0.575. The highest BCUT2D eigenvalue weighted by molar-refractivity contribution is 7.92. The van der Waals surface area contributed by atoms with Crippen molar-refractivity contribution in [3.63, 3.8) is 0 Å². The second-order valence-corrected chi connectivity index (χ2v) is 13.3. The SMILES string of the molecule is Cc1ccc(S(=O)(=O)C2CCCCCCCC(S(=O)(=O)c3ccc(C)cc3)CC2)cc1. The van der Waals surface area contributed by atoms with Crippen LogP contribution in [-0.2, 0) is 19.7 Å². The summed E-state index contributed by atoms with van der Waals surface area (Å²) in [7, 11) is -6.98. The average Bonchev–Trinajstić information content (AvgIpc) is 2.79. The molecule has 0 heterocycles. The van der Waals surface area contributed by atoms with Gasteiger partial charge >= 0.3 is 0 Å². The Morgan fingerprint density at radius 3 is 1.19 bits per heavy atom. The molecule has 2 atom stereocenters. The molecule has 170 valence electrons. The van der Waals surface area contributed by atoms with E-state index in [0.717, 1.165) is 43.2 Å². The van der Waals surface area contributed by atoms with Crippen molar-refractivity contribution in [1.29, 1.82) is 0 Å². The highest BCUT2D eigenvalue weighted by atomic mass is 32.2. The van der Waals surface area contributed by atoms with Crippen molar-refractivity contribution in [2.24, 2.45) is 0 Å². The van der Waals surface area contributed by atoms with Gasteiger partial charge in [-0.25, -0.2) is 16.8 Å². The van der Waals surface area contributed by atoms with E-state index in [9.17, 15) is 16.8 Å². The highest BCUT2D eigenvalue weighted by Gasteiger charge is 2.32. The van der Waals surface area contributed by atoms with E-state index in [2.05, 4.69) is 0 Å². The maximum atomic E-state index is 13.4. The summed E-state index contributed by atoms with van der Waals surface area (Å²) in [5, 5.41) is -1.08. The van der Waals surface area contributed by atoms with Gasteiger partial charge in [-0.3, -0.25) is 0 Å². The van der Waals surface area contributed by atoms with Crippen molar-refractivity contribution in [3.8, 4) is 0 Å². The van der Waals surface area contributed by atoms with Gasteiger partial charge in [0.1, 0.15) is 0 Å². The van der Waals surface area contributed by atoms with Crippen LogP contribution >= 0.6 is 0 Å². The lowest BCUT2D eigenvalue weighted by Gasteiger charge is -2.22. The molecule has 31 heavy (non-hydrogen) atoms. The fourth-order valence-corrected chi connectivity index (χ4v) is 8.04. The summed E-state index contributed by atoms with van der Waals surface area (Å²) in [6, 6.07) is 14.0. The maximum absolute atomic E-state index is 13.4. The fraction of sp³-hybridized carbons (Fsp3) is 0.520. The lowest BCUT2D eigenvalue weighted by molar-refractivity contribution is 0.521. The van der Waals surface area contributed by atoms with Gasteiger partial charge in [-0.05, 0) is 63.8 Å². The van der Waals surface area contributed by atoms with Gasteiger partial charge in [0, 0.05) is 0 Å². The molecule has 0 N–H and O–H groups in total. The van der Waals surface area contributed by atoms with Crippen LogP contribution in [-0.4, -0.2) is 27.3 Å². The summed E-state index contributed by atoms with van der Waals surface area (Å²) in [6.45, 7) is 3.87. The molecule has 2 aromatic rings. The molecule has 6 heteroatoms. The molecule has 2 aromatic carbocycles. The van der Waals surface area contributed by atoms with Crippen LogP contribution in [0.15, 0.2) is 58.3 Å². The van der Waals surface area contributed by atoms with E-state index >= 15 is 0 Å². The standard InChI is InChI=1S/C25H34O4S2/c1-20-10-14-24(15-11-20)30(26,27)22-8-6-4-3-5-7-9-23(19-18-22)31(28,29)25-16-12-21(2)13-17-25/h10-17,22-23H,3-9,18-19H2,1-2H3. The zero-order chi connectivity index (χ0) is 22.5. The van der Waals surface area contributed by atoms with Crippen LogP contribution in [0.4, 0.5) is 0 Å². The smallest absolute Gasteiger partial charge is 0.181 e. The molecule has 0 radical (unpaired) electrons. The summed E-state index contributed by atoms with van der Waals surface area (Å²) in [6.07, 6.45) is 6.69. The molecule has 0 amide bonds. The van der Waals surface area contributed by atoms with Crippen LogP contribution in [0.5, 0.6) is 0 Å². The topological polar surface area (TPSA) is 68.3 Å². The summed E-state index contributed by atoms with van der Waals surface area (Å²) < 4.78 is 53.4. The molecule has 0 aromatic heterocycles. The second-order valence-electron chi connectivity index (χ2n) is 8.88. The van der Waals surface area contributed by atoms with Gasteiger partial charge in [0.05, 0.1) is 20.3 Å². The molecule has 3 rings (SSSR count). The third-order valence-electron chi connectivity index (χ3n) is 6.44. The normalized spacial score (nSPS) is 21.9. The van der Waals surface area contributed by atoms with Gasteiger partial charge < -0.3 is 0 Å². The van der Waals surface area contributed by atoms with Gasteiger partial charge in [-0.15, -0.1) is 0 Å². The predicted octanol–water partition coefficient (Wildman–Crippen LogP) is 5.81. The van der Waals surface area contributed by atoms with Crippen molar-refractivity contribution in [2.45, 2.75) is 91.9 Å². The molecule has 1 aliphatic rings. The number of hydrogen-bond donors (Lipinski definition) is 0. The molecule has 0 spiro atoms. The summed E-state index contributed by atoms with van der Waals surface area (Å²) in [4.78, 5) is 0.687. The molecule has 0 aliphatic heterocycles. The number of aryl methyl sites for hydroxylation is 2. The molecule has 1 saturated carbocycles. The van der Waals surface area contributed by atoms with Gasteiger partial charge in [0.15, 0.2) is 19.7 Å². The molecule has 4 nitrogen and oxygen atoms in total. The first-order valence-corrected chi connectivity index (χ1v) is 14.4. The van der Waals surface area contributed by atoms with Crippen molar-refractivity contribution >= 4 is 19.7 Å². The van der Waals surface area contributed by atoms with E-state index in [1.807, 2.05) is 38.1 Å². The first-order valence-electron chi connectivity index (χ1n) is 11.3. The van der Waals surface area contributed by atoms with Crippen molar-refractivity contribution in [2.75, 3.05) is 0 Å². The molecule has 0 bridgehead atoms. The van der Waals surface area contributed by atoms with Crippen molar-refractivity contribution in [3.05, 3.63) is 59.7 Å². The van der Waals surface area contributed by atoms with E-state index in [1.165, 1.54) is 0 Å². The Hall–Kier alpha value is -1.66. The Kier molecular flexibility index (Phi) is 7.98. The molecular formula is C25H34O4S2. The van der Waals surface area contributed by atoms with E-state index in [-0.39, 0.29) is 0 Å². The third kappa shape index (κ3) is 5.98. The van der Waals surface area contributed by atoms with Gasteiger partial charge in [0.2, 0.25) is 0 Å². The number of benzene rings is 2. The van der Waals surface area contributed by atoms with Gasteiger partial charge in [-0.1, -0.05) is 67.5 Å². The van der Waals surface area contributed by atoms with Crippen LogP contribution in [0.25, 0.3) is 0 Å². The fourth-order valence-electron chi connectivity index (χ4n) is 4.40. The molecule has 1 fully saturated rings. The summed E-state index contributed by atoms with van der Waals surface area (Å²) >= 11 is 0. The minimum absolute atomic E-state index is 0.343. The average molecular weight is 463 g/mol. The zero-order valence-corrected chi connectivity index (χ0v) is 20.2.